The van der Waals surface area contributed by atoms with Crippen molar-refractivity contribution in [2.45, 2.75) is 18.8 Å². The molecule has 1 heterocycles. The fourth-order valence-electron chi connectivity index (χ4n) is 1.70. The van der Waals surface area contributed by atoms with E-state index < -0.39 is 5.79 Å². The highest BCUT2D eigenvalue weighted by Gasteiger charge is 2.39. The Labute approximate surface area is 99.9 Å². The summed E-state index contributed by atoms with van der Waals surface area (Å²) in [6.07, 6.45) is 0.0367. The molecule has 15 heavy (non-hydrogen) atoms. The number of ether oxygens (including phenoxy) is 2. The number of halogens is 1. The van der Waals surface area contributed by atoms with Gasteiger partial charge < -0.3 is 9.47 Å². The van der Waals surface area contributed by atoms with E-state index in [2.05, 4.69) is 12.6 Å². The van der Waals surface area contributed by atoms with Gasteiger partial charge in [-0.1, -0.05) is 29.8 Å². The molecule has 0 unspecified atom stereocenters. The molecule has 0 amide bonds. The van der Waals surface area contributed by atoms with E-state index in [1.807, 2.05) is 31.2 Å². The van der Waals surface area contributed by atoms with Gasteiger partial charge in [-0.3, -0.25) is 0 Å². The molecule has 1 fully saturated rings. The summed E-state index contributed by atoms with van der Waals surface area (Å²) in [7, 11) is 0. The van der Waals surface area contributed by atoms with Crippen molar-refractivity contribution in [1.29, 1.82) is 0 Å². The smallest absolute Gasteiger partial charge is 0.193 e. The zero-order valence-corrected chi connectivity index (χ0v) is 10.1. The summed E-state index contributed by atoms with van der Waals surface area (Å²) >= 11 is 10.3. The largest absolute Gasteiger partial charge is 0.343 e. The van der Waals surface area contributed by atoms with E-state index in [-0.39, 0.29) is 6.10 Å². The summed E-state index contributed by atoms with van der Waals surface area (Å²) in [6.45, 7) is 2.45. The van der Waals surface area contributed by atoms with Crippen molar-refractivity contribution in [2.75, 3.05) is 12.4 Å². The van der Waals surface area contributed by atoms with E-state index in [0.717, 1.165) is 5.56 Å². The van der Waals surface area contributed by atoms with Gasteiger partial charge in [0, 0.05) is 16.3 Å². The quantitative estimate of drug-likeness (QED) is 0.807. The third kappa shape index (κ3) is 2.16. The summed E-state index contributed by atoms with van der Waals surface area (Å²) in [5, 5.41) is 0.666. The highest BCUT2D eigenvalue weighted by Crippen LogP contribution is 2.37. The van der Waals surface area contributed by atoms with Crippen LogP contribution in [-0.2, 0) is 15.3 Å². The highest BCUT2D eigenvalue weighted by molar-refractivity contribution is 7.80. The molecule has 2 atom stereocenters. The molecule has 0 bridgehead atoms. The van der Waals surface area contributed by atoms with Gasteiger partial charge in [0.15, 0.2) is 5.79 Å². The molecule has 1 aromatic carbocycles. The molecule has 2 rings (SSSR count). The third-order valence-electron chi connectivity index (χ3n) is 2.50. The first-order chi connectivity index (χ1) is 7.15. The van der Waals surface area contributed by atoms with Crippen molar-refractivity contribution in [1.82, 2.24) is 0 Å². The first kappa shape index (κ1) is 11.3. The topological polar surface area (TPSA) is 18.5 Å². The SMILES string of the molecule is C[C@]1(c2ccccc2Cl)OC[C@@H](CS)O1. The van der Waals surface area contributed by atoms with E-state index in [9.17, 15) is 0 Å². The molecule has 0 aromatic heterocycles. The van der Waals surface area contributed by atoms with Crippen LogP contribution in [0.15, 0.2) is 24.3 Å². The normalized spacial score (nSPS) is 30.7. The van der Waals surface area contributed by atoms with Crippen molar-refractivity contribution in [3.63, 3.8) is 0 Å². The molecule has 4 heteroatoms. The zero-order chi connectivity index (χ0) is 10.9. The number of rotatable bonds is 2. The van der Waals surface area contributed by atoms with Crippen LogP contribution in [0.25, 0.3) is 0 Å². The molecule has 1 saturated heterocycles. The Morgan fingerprint density at radius 1 is 1.53 bits per heavy atom. The standard InChI is InChI=1S/C11H13ClO2S/c1-11(13-6-8(7-15)14-11)9-4-2-3-5-10(9)12/h2-5,8,15H,6-7H2,1H3/t8-,11-/m0/s1. The van der Waals surface area contributed by atoms with E-state index >= 15 is 0 Å². The Kier molecular flexibility index (Phi) is 3.26. The average Bonchev–Trinajstić information content (AvgIpc) is 2.62. The average molecular weight is 245 g/mol. The van der Waals surface area contributed by atoms with Crippen LogP contribution in [0.4, 0.5) is 0 Å². The monoisotopic (exact) mass is 244 g/mol. The van der Waals surface area contributed by atoms with Crippen LogP contribution in [0.5, 0.6) is 0 Å². The molecule has 1 aromatic rings. The van der Waals surface area contributed by atoms with Gasteiger partial charge >= 0.3 is 0 Å². The molecule has 82 valence electrons. The second-order valence-electron chi connectivity index (χ2n) is 3.66. The number of hydrogen-bond donors (Lipinski definition) is 1. The van der Waals surface area contributed by atoms with Gasteiger partial charge in [0.25, 0.3) is 0 Å². The third-order valence-corrected chi connectivity index (χ3v) is 3.24. The predicted molar refractivity (Wildman–Crippen MR) is 63.5 cm³/mol. The molecule has 0 N–H and O–H groups in total. The molecule has 0 spiro atoms. The van der Waals surface area contributed by atoms with Gasteiger partial charge in [-0.05, 0) is 13.0 Å². The second kappa shape index (κ2) is 4.34. The minimum Gasteiger partial charge on any atom is -0.343 e. The van der Waals surface area contributed by atoms with Crippen molar-refractivity contribution < 1.29 is 9.47 Å². The Bertz CT molecular complexity index is 358. The Morgan fingerprint density at radius 3 is 2.87 bits per heavy atom. The Morgan fingerprint density at radius 2 is 2.27 bits per heavy atom. The summed E-state index contributed by atoms with van der Waals surface area (Å²) in [5.41, 5.74) is 0.871. The van der Waals surface area contributed by atoms with E-state index in [1.54, 1.807) is 0 Å². The van der Waals surface area contributed by atoms with Crippen LogP contribution in [-0.4, -0.2) is 18.5 Å². The van der Waals surface area contributed by atoms with Crippen LogP contribution in [0.3, 0.4) is 0 Å². The maximum absolute atomic E-state index is 6.11. The van der Waals surface area contributed by atoms with Crippen LogP contribution in [0.2, 0.25) is 5.02 Å². The van der Waals surface area contributed by atoms with Gasteiger partial charge in [0.05, 0.1) is 12.7 Å². The number of thiol groups is 1. The van der Waals surface area contributed by atoms with Gasteiger partial charge in [0.1, 0.15) is 0 Å². The lowest BCUT2D eigenvalue weighted by Crippen LogP contribution is -2.24. The van der Waals surface area contributed by atoms with Gasteiger partial charge in [-0.15, -0.1) is 0 Å². The lowest BCUT2D eigenvalue weighted by molar-refractivity contribution is -0.159. The lowest BCUT2D eigenvalue weighted by atomic mass is 10.1. The Hall–Kier alpha value is -0.220. The van der Waals surface area contributed by atoms with Gasteiger partial charge in [-0.25, -0.2) is 0 Å². The number of hydrogen-bond acceptors (Lipinski definition) is 3. The van der Waals surface area contributed by atoms with Crippen LogP contribution in [0.1, 0.15) is 12.5 Å². The zero-order valence-electron chi connectivity index (χ0n) is 8.44. The van der Waals surface area contributed by atoms with Crippen LogP contribution < -0.4 is 0 Å². The number of benzene rings is 1. The maximum atomic E-state index is 6.11. The molecule has 0 aliphatic carbocycles. The van der Waals surface area contributed by atoms with Crippen molar-refractivity contribution >= 4 is 24.2 Å². The Balaban J connectivity index is 2.27. The van der Waals surface area contributed by atoms with E-state index in [1.165, 1.54) is 0 Å². The lowest BCUT2D eigenvalue weighted by Gasteiger charge is -2.24. The van der Waals surface area contributed by atoms with Crippen LogP contribution >= 0.6 is 24.2 Å². The molecule has 0 radical (unpaired) electrons. The first-order valence-corrected chi connectivity index (χ1v) is 5.84. The molecule has 0 saturated carbocycles. The minimum absolute atomic E-state index is 0.0367. The first-order valence-electron chi connectivity index (χ1n) is 4.83. The summed E-state index contributed by atoms with van der Waals surface area (Å²) in [5.74, 6) is -0.0776. The van der Waals surface area contributed by atoms with Crippen LogP contribution in [0, 0.1) is 0 Å². The predicted octanol–water partition coefficient (Wildman–Crippen LogP) is 2.86. The van der Waals surface area contributed by atoms with Crippen molar-refractivity contribution in [2.24, 2.45) is 0 Å². The van der Waals surface area contributed by atoms with Gasteiger partial charge in [-0.2, -0.15) is 12.6 Å². The maximum Gasteiger partial charge on any atom is 0.193 e. The minimum atomic E-state index is -0.730. The van der Waals surface area contributed by atoms with Crippen molar-refractivity contribution in [3.8, 4) is 0 Å². The fraction of sp³-hybridized carbons (Fsp3) is 0.455. The second-order valence-corrected chi connectivity index (χ2v) is 4.43. The summed E-state index contributed by atoms with van der Waals surface area (Å²) in [6, 6.07) is 7.57. The molecule has 1 aliphatic rings. The molecular weight excluding hydrogens is 232 g/mol. The fourth-order valence-corrected chi connectivity index (χ4v) is 2.19. The van der Waals surface area contributed by atoms with Crippen molar-refractivity contribution in [3.05, 3.63) is 34.9 Å². The van der Waals surface area contributed by atoms with E-state index in [4.69, 9.17) is 21.1 Å². The molecular formula is C11H13ClO2S. The molecule has 2 nitrogen and oxygen atoms in total. The van der Waals surface area contributed by atoms with Gasteiger partial charge in [0.2, 0.25) is 0 Å². The summed E-state index contributed by atoms with van der Waals surface area (Å²) in [4.78, 5) is 0. The van der Waals surface area contributed by atoms with E-state index in [0.29, 0.717) is 17.4 Å². The molecule has 1 aliphatic heterocycles. The highest BCUT2D eigenvalue weighted by atomic mass is 35.5. The summed E-state index contributed by atoms with van der Waals surface area (Å²) < 4.78 is 11.4.